The zero-order chi connectivity index (χ0) is 17.5. The predicted octanol–water partition coefficient (Wildman–Crippen LogP) is 3.23. The summed E-state index contributed by atoms with van der Waals surface area (Å²) in [5, 5.41) is 11.7. The second-order valence-corrected chi connectivity index (χ2v) is 5.57. The lowest BCUT2D eigenvalue weighted by Crippen LogP contribution is -2.10. The minimum Gasteiger partial charge on any atom is -0.490 e. The van der Waals surface area contributed by atoms with Gasteiger partial charge in [-0.2, -0.15) is 5.10 Å². The van der Waals surface area contributed by atoms with E-state index in [0.29, 0.717) is 13.2 Å². The van der Waals surface area contributed by atoms with Crippen molar-refractivity contribution in [3.8, 4) is 11.5 Å². The largest absolute Gasteiger partial charge is 0.490 e. The van der Waals surface area contributed by atoms with E-state index in [1.54, 1.807) is 6.21 Å². The minimum atomic E-state index is 0.449. The smallest absolute Gasteiger partial charge is 0.141 e. The summed E-state index contributed by atoms with van der Waals surface area (Å²) in [6.45, 7) is 5.08. The molecule has 6 nitrogen and oxygen atoms in total. The van der Waals surface area contributed by atoms with Crippen molar-refractivity contribution >= 4 is 6.21 Å². The fraction of sp³-hybridized carbons (Fsp3) is 0.211. The van der Waals surface area contributed by atoms with Crippen molar-refractivity contribution in [3.63, 3.8) is 0 Å². The first-order chi connectivity index (χ1) is 12.2. The third-order valence-corrected chi connectivity index (χ3v) is 3.74. The molecule has 0 atom stereocenters. The topological polar surface area (TPSA) is 61.5 Å². The van der Waals surface area contributed by atoms with Gasteiger partial charge >= 0.3 is 0 Å². The van der Waals surface area contributed by atoms with Crippen LogP contribution >= 0.6 is 0 Å². The van der Waals surface area contributed by atoms with Crippen LogP contribution in [-0.2, 0) is 0 Å². The Morgan fingerprint density at radius 3 is 2.52 bits per heavy atom. The van der Waals surface area contributed by atoms with Crippen molar-refractivity contribution in [3.05, 3.63) is 71.8 Å². The zero-order valence-corrected chi connectivity index (χ0v) is 14.3. The maximum absolute atomic E-state index is 5.83. The Morgan fingerprint density at radius 1 is 0.960 bits per heavy atom. The van der Waals surface area contributed by atoms with E-state index in [4.69, 9.17) is 9.47 Å². The maximum atomic E-state index is 5.83. The Labute approximate surface area is 146 Å². The molecule has 25 heavy (non-hydrogen) atoms. The third kappa shape index (κ3) is 4.67. The number of hydrogen-bond donors (Lipinski definition) is 0. The molecule has 1 heterocycles. The van der Waals surface area contributed by atoms with Crippen LogP contribution in [0.2, 0.25) is 0 Å². The van der Waals surface area contributed by atoms with Gasteiger partial charge in [0.15, 0.2) is 0 Å². The molecule has 128 valence electrons. The van der Waals surface area contributed by atoms with Gasteiger partial charge in [-0.25, -0.2) is 4.68 Å². The highest BCUT2D eigenvalue weighted by molar-refractivity contribution is 5.83. The summed E-state index contributed by atoms with van der Waals surface area (Å²) in [7, 11) is 0. The Hall–Kier alpha value is -3.15. The minimum absolute atomic E-state index is 0.449. The van der Waals surface area contributed by atoms with Gasteiger partial charge in [-0.05, 0) is 49.2 Å². The Bertz CT molecular complexity index is 844. The lowest BCUT2D eigenvalue weighted by Gasteiger charge is -2.11. The van der Waals surface area contributed by atoms with Crippen molar-refractivity contribution < 1.29 is 9.47 Å². The average molecular weight is 336 g/mol. The summed E-state index contributed by atoms with van der Waals surface area (Å²) < 4.78 is 13.1. The summed E-state index contributed by atoms with van der Waals surface area (Å²) >= 11 is 0. The number of hydrogen-bond acceptors (Lipinski definition) is 5. The summed E-state index contributed by atoms with van der Waals surface area (Å²) in [6.07, 6.45) is 4.76. The lowest BCUT2D eigenvalue weighted by molar-refractivity contribution is 0.217. The zero-order valence-electron chi connectivity index (χ0n) is 14.3. The predicted molar refractivity (Wildman–Crippen MR) is 96.4 cm³/mol. The van der Waals surface area contributed by atoms with E-state index in [9.17, 15) is 0 Å². The number of para-hydroxylation sites is 1. The van der Waals surface area contributed by atoms with E-state index in [1.165, 1.54) is 28.5 Å². The number of aromatic nitrogens is 3. The van der Waals surface area contributed by atoms with Gasteiger partial charge in [0.1, 0.15) is 37.4 Å². The summed E-state index contributed by atoms with van der Waals surface area (Å²) in [6, 6.07) is 13.8. The van der Waals surface area contributed by atoms with Crippen LogP contribution in [0.15, 0.2) is 60.2 Å². The normalized spacial score (nSPS) is 11.0. The highest BCUT2D eigenvalue weighted by Crippen LogP contribution is 2.18. The van der Waals surface area contributed by atoms with Crippen molar-refractivity contribution in [2.45, 2.75) is 13.8 Å². The Kier molecular flexibility index (Phi) is 5.41. The van der Waals surface area contributed by atoms with Gasteiger partial charge in [-0.15, -0.1) is 10.2 Å². The SMILES string of the molecule is Cc1ccc(OCCOc2ccccc2C=Nn2cnnc2)cc1C. The lowest BCUT2D eigenvalue weighted by atomic mass is 10.1. The van der Waals surface area contributed by atoms with Crippen molar-refractivity contribution in [2.24, 2.45) is 5.10 Å². The van der Waals surface area contributed by atoms with Gasteiger partial charge in [0.25, 0.3) is 0 Å². The molecule has 0 aliphatic heterocycles. The molecular weight excluding hydrogens is 316 g/mol. The van der Waals surface area contributed by atoms with Crippen LogP contribution in [0.25, 0.3) is 0 Å². The molecule has 0 fully saturated rings. The van der Waals surface area contributed by atoms with E-state index in [1.807, 2.05) is 36.4 Å². The monoisotopic (exact) mass is 336 g/mol. The van der Waals surface area contributed by atoms with Crippen LogP contribution in [-0.4, -0.2) is 34.3 Å². The van der Waals surface area contributed by atoms with Crippen LogP contribution in [0.1, 0.15) is 16.7 Å². The average Bonchev–Trinajstić information content (AvgIpc) is 3.14. The van der Waals surface area contributed by atoms with Gasteiger partial charge in [0.05, 0.1) is 6.21 Å². The summed E-state index contributed by atoms with van der Waals surface area (Å²) in [5.74, 6) is 1.61. The van der Waals surface area contributed by atoms with Gasteiger partial charge in [0.2, 0.25) is 0 Å². The molecule has 1 aromatic heterocycles. The molecule has 0 bridgehead atoms. The van der Waals surface area contributed by atoms with Gasteiger partial charge < -0.3 is 9.47 Å². The highest BCUT2D eigenvalue weighted by Gasteiger charge is 2.02. The van der Waals surface area contributed by atoms with E-state index < -0.39 is 0 Å². The molecule has 3 aromatic rings. The first-order valence-corrected chi connectivity index (χ1v) is 8.03. The molecule has 6 heteroatoms. The highest BCUT2D eigenvalue weighted by atomic mass is 16.5. The van der Waals surface area contributed by atoms with Crippen molar-refractivity contribution in [1.29, 1.82) is 0 Å². The number of aryl methyl sites for hydroxylation is 2. The molecule has 0 unspecified atom stereocenters. The van der Waals surface area contributed by atoms with Crippen molar-refractivity contribution in [2.75, 3.05) is 13.2 Å². The van der Waals surface area contributed by atoms with Gasteiger partial charge in [-0.3, -0.25) is 0 Å². The van der Waals surface area contributed by atoms with Gasteiger partial charge in [-0.1, -0.05) is 18.2 Å². The second-order valence-electron chi connectivity index (χ2n) is 5.57. The summed E-state index contributed by atoms with van der Waals surface area (Å²) in [5.41, 5.74) is 3.35. The first kappa shape index (κ1) is 16.7. The van der Waals surface area contributed by atoms with Crippen LogP contribution in [0.3, 0.4) is 0 Å². The molecule has 0 spiro atoms. The molecule has 3 rings (SSSR count). The second kappa shape index (κ2) is 8.10. The number of benzene rings is 2. The maximum Gasteiger partial charge on any atom is 0.141 e. The van der Waals surface area contributed by atoms with Crippen LogP contribution in [0, 0.1) is 13.8 Å². The van der Waals surface area contributed by atoms with Crippen LogP contribution in [0.4, 0.5) is 0 Å². The van der Waals surface area contributed by atoms with Crippen LogP contribution in [0.5, 0.6) is 11.5 Å². The third-order valence-electron chi connectivity index (χ3n) is 3.74. The fourth-order valence-electron chi connectivity index (χ4n) is 2.22. The van der Waals surface area contributed by atoms with Crippen molar-refractivity contribution in [1.82, 2.24) is 14.9 Å². The first-order valence-electron chi connectivity index (χ1n) is 8.03. The van der Waals surface area contributed by atoms with Gasteiger partial charge in [0, 0.05) is 5.56 Å². The molecule has 0 saturated heterocycles. The molecule has 0 radical (unpaired) electrons. The molecule has 0 aliphatic rings. The quantitative estimate of drug-likeness (QED) is 0.491. The van der Waals surface area contributed by atoms with E-state index in [-0.39, 0.29) is 0 Å². The summed E-state index contributed by atoms with van der Waals surface area (Å²) in [4.78, 5) is 0. The fourth-order valence-corrected chi connectivity index (χ4v) is 2.22. The molecule has 0 aliphatic carbocycles. The molecule has 0 N–H and O–H groups in total. The Morgan fingerprint density at radius 2 is 1.72 bits per heavy atom. The molecule has 0 amide bonds. The standard InChI is InChI=1S/C19H20N4O2/c1-15-7-8-18(11-16(15)2)24-9-10-25-19-6-4-3-5-17(19)12-22-23-13-20-21-14-23/h3-8,11-14H,9-10H2,1-2H3. The number of ether oxygens (including phenoxy) is 2. The van der Waals surface area contributed by atoms with E-state index in [0.717, 1.165) is 17.1 Å². The van der Waals surface area contributed by atoms with E-state index in [2.05, 4.69) is 35.2 Å². The Balaban J connectivity index is 1.55. The van der Waals surface area contributed by atoms with Crippen LogP contribution < -0.4 is 9.47 Å². The van der Waals surface area contributed by atoms with E-state index >= 15 is 0 Å². The molecule has 2 aromatic carbocycles. The number of rotatable bonds is 7. The number of nitrogens with zero attached hydrogens (tertiary/aromatic N) is 4. The molecule has 0 saturated carbocycles. The molecular formula is C19H20N4O2.